The maximum atomic E-state index is 13.5. The van der Waals surface area contributed by atoms with E-state index >= 15 is 0 Å². The number of benzene rings is 3. The van der Waals surface area contributed by atoms with Gasteiger partial charge in [0.1, 0.15) is 6.10 Å². The molecule has 0 spiro atoms. The lowest BCUT2D eigenvalue weighted by molar-refractivity contribution is -0.138. The summed E-state index contributed by atoms with van der Waals surface area (Å²) in [6.07, 6.45) is -0.842. The summed E-state index contributed by atoms with van der Waals surface area (Å²) in [7, 11) is -3.85. The Morgan fingerprint density at radius 2 is 1.53 bits per heavy atom. The van der Waals surface area contributed by atoms with E-state index in [9.17, 15) is 13.2 Å². The molecular formula is C28H35NO4S. The Labute approximate surface area is 203 Å². The molecule has 0 amide bonds. The molecule has 6 heteroatoms. The Morgan fingerprint density at radius 3 is 2.12 bits per heavy atom. The Bertz CT molecular complexity index is 1330. The van der Waals surface area contributed by atoms with Crippen LogP contribution in [0, 0.1) is 6.92 Å². The normalized spacial score (nSPS) is 13.8. The number of aryl methyl sites for hydroxylation is 1. The Hall–Kier alpha value is -2.54. The van der Waals surface area contributed by atoms with Gasteiger partial charge in [0, 0.05) is 11.1 Å². The fourth-order valence-electron chi connectivity index (χ4n) is 4.20. The molecule has 0 fully saturated rings. The van der Waals surface area contributed by atoms with Crippen molar-refractivity contribution in [1.29, 1.82) is 0 Å². The second-order valence-corrected chi connectivity index (χ2v) is 12.4. The van der Waals surface area contributed by atoms with E-state index in [0.717, 1.165) is 16.3 Å². The molecule has 0 aromatic heterocycles. The van der Waals surface area contributed by atoms with Crippen molar-refractivity contribution in [3.05, 3.63) is 65.7 Å². The number of Topliss-reactive ketones (excluding diaryl/α,β-unsaturated/α-hetero) is 1. The monoisotopic (exact) mass is 481 g/mol. The molecule has 3 aromatic rings. The van der Waals surface area contributed by atoms with Crippen LogP contribution in [0.25, 0.3) is 21.9 Å². The highest BCUT2D eigenvalue weighted by Crippen LogP contribution is 2.42. The molecule has 0 radical (unpaired) electrons. The van der Waals surface area contributed by atoms with Crippen molar-refractivity contribution in [2.24, 2.45) is 0 Å². The van der Waals surface area contributed by atoms with E-state index in [1.165, 1.54) is 6.92 Å². The number of nitrogens with one attached hydrogen (secondary N) is 1. The Balaban J connectivity index is 2.45. The lowest BCUT2D eigenvalue weighted by Gasteiger charge is -2.30. The van der Waals surface area contributed by atoms with Gasteiger partial charge in [0.25, 0.3) is 0 Å². The number of hydrogen-bond donors (Lipinski definition) is 1. The fraction of sp³-hybridized carbons (Fsp3) is 0.393. The molecule has 0 aliphatic carbocycles. The summed E-state index contributed by atoms with van der Waals surface area (Å²) in [6.45, 7) is 14.6. The SMILES string of the molecule is CC(=O)[C@@H](OC(C)(C)C)c1c(C)cc2ccccc2c1-c1ccccc1S(=O)(=O)NC(C)(C)C. The van der Waals surface area contributed by atoms with Gasteiger partial charge in [-0.3, -0.25) is 4.79 Å². The van der Waals surface area contributed by atoms with E-state index < -0.39 is 27.3 Å². The van der Waals surface area contributed by atoms with Crippen LogP contribution in [0.1, 0.15) is 65.7 Å². The van der Waals surface area contributed by atoms with Gasteiger partial charge in [-0.15, -0.1) is 0 Å². The summed E-state index contributed by atoms with van der Waals surface area (Å²) in [5.74, 6) is -0.136. The van der Waals surface area contributed by atoms with Crippen LogP contribution >= 0.6 is 0 Å². The fourth-order valence-corrected chi connectivity index (χ4v) is 5.83. The molecule has 0 aliphatic rings. The minimum atomic E-state index is -3.85. The molecule has 34 heavy (non-hydrogen) atoms. The third kappa shape index (κ3) is 5.74. The molecule has 0 saturated heterocycles. The molecule has 0 unspecified atom stereocenters. The highest BCUT2D eigenvalue weighted by molar-refractivity contribution is 7.89. The highest BCUT2D eigenvalue weighted by Gasteiger charge is 2.32. The zero-order valence-corrected chi connectivity index (χ0v) is 22.1. The molecule has 182 valence electrons. The van der Waals surface area contributed by atoms with Crippen LogP contribution < -0.4 is 4.72 Å². The average Bonchev–Trinajstić information content (AvgIpc) is 2.68. The molecule has 3 aromatic carbocycles. The molecule has 0 bridgehead atoms. The van der Waals surface area contributed by atoms with Crippen molar-refractivity contribution in [2.45, 2.75) is 77.5 Å². The summed E-state index contributed by atoms with van der Waals surface area (Å²) in [4.78, 5) is 13.1. The number of ether oxygens (including phenoxy) is 1. The largest absolute Gasteiger partial charge is 0.360 e. The highest BCUT2D eigenvalue weighted by atomic mass is 32.2. The quantitative estimate of drug-likeness (QED) is 0.446. The molecule has 1 N–H and O–H groups in total. The first-order chi connectivity index (χ1) is 15.6. The number of carbonyl (C=O) groups excluding carboxylic acids is 1. The van der Waals surface area contributed by atoms with Crippen molar-refractivity contribution in [1.82, 2.24) is 4.72 Å². The zero-order chi connectivity index (χ0) is 25.5. The number of fused-ring (bicyclic) bond motifs is 1. The number of carbonyl (C=O) groups is 1. The molecule has 0 heterocycles. The second-order valence-electron chi connectivity index (χ2n) is 10.8. The third-order valence-electron chi connectivity index (χ3n) is 5.29. The van der Waals surface area contributed by atoms with Crippen molar-refractivity contribution < 1.29 is 17.9 Å². The van der Waals surface area contributed by atoms with Gasteiger partial charge in [-0.05, 0) is 88.9 Å². The van der Waals surface area contributed by atoms with Gasteiger partial charge in [-0.1, -0.05) is 48.5 Å². The molecule has 0 aliphatic heterocycles. The first-order valence-corrected chi connectivity index (χ1v) is 12.9. The number of sulfonamides is 1. The number of ketones is 1. The van der Waals surface area contributed by atoms with Crippen LogP contribution in [0.15, 0.2) is 59.5 Å². The predicted octanol–water partition coefficient (Wildman–Crippen LogP) is 6.34. The minimum absolute atomic E-state index is 0.136. The number of hydrogen-bond acceptors (Lipinski definition) is 4. The van der Waals surface area contributed by atoms with Crippen LogP contribution in [0.4, 0.5) is 0 Å². The molecule has 0 saturated carbocycles. The summed E-state index contributed by atoms with van der Waals surface area (Å²) in [6, 6.07) is 16.8. The van der Waals surface area contributed by atoms with Crippen LogP contribution in [-0.4, -0.2) is 25.3 Å². The van der Waals surface area contributed by atoms with Gasteiger partial charge < -0.3 is 4.74 Å². The second kappa shape index (κ2) is 9.25. The van der Waals surface area contributed by atoms with Crippen LogP contribution in [-0.2, 0) is 19.6 Å². The molecule has 3 rings (SSSR count). The van der Waals surface area contributed by atoms with E-state index in [1.807, 2.05) is 84.9 Å². The van der Waals surface area contributed by atoms with E-state index in [0.29, 0.717) is 16.7 Å². The van der Waals surface area contributed by atoms with Crippen molar-refractivity contribution in [2.75, 3.05) is 0 Å². The van der Waals surface area contributed by atoms with Gasteiger partial charge in [0.15, 0.2) is 5.78 Å². The summed E-state index contributed by atoms with van der Waals surface area (Å²) in [5.41, 5.74) is 1.58. The smallest absolute Gasteiger partial charge is 0.241 e. The summed E-state index contributed by atoms with van der Waals surface area (Å²) in [5, 5.41) is 1.83. The Kier molecular flexibility index (Phi) is 7.09. The van der Waals surface area contributed by atoms with E-state index in [-0.39, 0.29) is 10.7 Å². The Morgan fingerprint density at radius 1 is 0.941 bits per heavy atom. The van der Waals surface area contributed by atoms with Crippen LogP contribution in [0.2, 0.25) is 0 Å². The van der Waals surface area contributed by atoms with E-state index in [2.05, 4.69) is 4.72 Å². The zero-order valence-electron chi connectivity index (χ0n) is 21.3. The van der Waals surface area contributed by atoms with Crippen LogP contribution in [0.5, 0.6) is 0 Å². The molecule has 1 atom stereocenters. The minimum Gasteiger partial charge on any atom is -0.360 e. The molecule has 5 nitrogen and oxygen atoms in total. The first-order valence-electron chi connectivity index (χ1n) is 11.4. The average molecular weight is 482 g/mol. The summed E-state index contributed by atoms with van der Waals surface area (Å²) < 4.78 is 36.0. The van der Waals surface area contributed by atoms with Crippen molar-refractivity contribution >= 4 is 26.6 Å². The third-order valence-corrected chi connectivity index (χ3v) is 7.10. The van der Waals surface area contributed by atoms with Gasteiger partial charge >= 0.3 is 0 Å². The van der Waals surface area contributed by atoms with Crippen LogP contribution in [0.3, 0.4) is 0 Å². The van der Waals surface area contributed by atoms with Gasteiger partial charge in [-0.2, -0.15) is 0 Å². The lowest BCUT2D eigenvalue weighted by Crippen LogP contribution is -2.40. The summed E-state index contributed by atoms with van der Waals surface area (Å²) >= 11 is 0. The molecular weight excluding hydrogens is 446 g/mol. The topological polar surface area (TPSA) is 72.5 Å². The predicted molar refractivity (Wildman–Crippen MR) is 138 cm³/mol. The van der Waals surface area contributed by atoms with Gasteiger partial charge in [0.05, 0.1) is 10.5 Å². The van der Waals surface area contributed by atoms with Crippen molar-refractivity contribution in [3.8, 4) is 11.1 Å². The van der Waals surface area contributed by atoms with E-state index in [1.54, 1.807) is 18.2 Å². The van der Waals surface area contributed by atoms with E-state index in [4.69, 9.17) is 4.74 Å². The van der Waals surface area contributed by atoms with Gasteiger partial charge in [-0.25, -0.2) is 13.1 Å². The first kappa shape index (κ1) is 26.1. The number of rotatable bonds is 6. The standard InChI is InChI=1S/C28H35NO4S/c1-18-17-20-13-9-10-14-21(20)25(24(18)26(19(2)30)33-28(6,7)8)22-15-11-12-16-23(22)34(31,32)29-27(3,4)5/h9-17,26,29H,1-8H3/t26-/m1/s1. The maximum Gasteiger partial charge on any atom is 0.241 e. The maximum absolute atomic E-state index is 13.5. The van der Waals surface area contributed by atoms with Crippen molar-refractivity contribution in [3.63, 3.8) is 0 Å². The van der Waals surface area contributed by atoms with Gasteiger partial charge in [0.2, 0.25) is 10.0 Å². The lowest BCUT2D eigenvalue weighted by atomic mass is 9.86.